The number of ketones is 1. The van der Waals surface area contributed by atoms with Crippen LogP contribution in [0.1, 0.15) is 45.4 Å². The van der Waals surface area contributed by atoms with Gasteiger partial charge in [-0.15, -0.1) is 0 Å². The van der Waals surface area contributed by atoms with Gasteiger partial charge in [-0.2, -0.15) is 0 Å². The third-order valence-electron chi connectivity index (χ3n) is 4.89. The highest BCUT2D eigenvalue weighted by Gasteiger charge is 2.64. The second kappa shape index (κ2) is 2.08. The Morgan fingerprint density at radius 3 is 2.92 bits per heavy atom. The Bertz CT molecular complexity index is 315. The van der Waals surface area contributed by atoms with Crippen LogP contribution in [0.4, 0.5) is 0 Å². The summed E-state index contributed by atoms with van der Waals surface area (Å²) in [6, 6.07) is 0. The molecule has 1 heteroatoms. The van der Waals surface area contributed by atoms with Gasteiger partial charge < -0.3 is 0 Å². The van der Waals surface area contributed by atoms with Crippen molar-refractivity contribution >= 4 is 5.78 Å². The molecule has 2 atom stereocenters. The van der Waals surface area contributed by atoms with Crippen molar-refractivity contribution in [2.45, 2.75) is 45.4 Å². The SMILES string of the molecule is CC1=CCC23CCCC12C(=O)CC3. The standard InChI is InChI=1S/C12H16O/c1-9-3-7-11-5-2-6-12(9,11)10(13)4-8-11/h3H,2,4-8H2,1H3. The first-order chi connectivity index (χ1) is 6.21. The lowest BCUT2D eigenvalue weighted by Crippen LogP contribution is -2.34. The van der Waals surface area contributed by atoms with E-state index in [4.69, 9.17) is 0 Å². The summed E-state index contributed by atoms with van der Waals surface area (Å²) >= 11 is 0. The quantitative estimate of drug-likeness (QED) is 0.519. The number of hydrogen-bond acceptors (Lipinski definition) is 1. The first-order valence-corrected chi connectivity index (χ1v) is 5.42. The van der Waals surface area contributed by atoms with Crippen LogP contribution < -0.4 is 0 Å². The molecule has 3 rings (SSSR count). The van der Waals surface area contributed by atoms with Gasteiger partial charge in [-0.3, -0.25) is 4.79 Å². The van der Waals surface area contributed by atoms with E-state index in [-0.39, 0.29) is 5.41 Å². The summed E-state index contributed by atoms with van der Waals surface area (Å²) < 4.78 is 0. The van der Waals surface area contributed by atoms with E-state index in [1.807, 2.05) is 0 Å². The Labute approximate surface area is 79.2 Å². The summed E-state index contributed by atoms with van der Waals surface area (Å²) in [7, 11) is 0. The molecule has 0 bridgehead atoms. The lowest BCUT2D eigenvalue weighted by molar-refractivity contribution is -0.125. The van der Waals surface area contributed by atoms with E-state index in [2.05, 4.69) is 13.0 Å². The second-order valence-electron chi connectivity index (χ2n) is 5.05. The van der Waals surface area contributed by atoms with Crippen LogP contribution in [0.3, 0.4) is 0 Å². The summed E-state index contributed by atoms with van der Waals surface area (Å²) in [4.78, 5) is 12.0. The van der Waals surface area contributed by atoms with Crippen LogP contribution in [-0.2, 0) is 4.79 Å². The molecule has 2 saturated carbocycles. The van der Waals surface area contributed by atoms with Gasteiger partial charge in [-0.25, -0.2) is 0 Å². The number of carbonyl (C=O) groups is 1. The molecule has 0 aromatic rings. The van der Waals surface area contributed by atoms with Gasteiger partial charge in [0.2, 0.25) is 0 Å². The maximum atomic E-state index is 12.0. The third-order valence-corrected chi connectivity index (χ3v) is 4.89. The van der Waals surface area contributed by atoms with Gasteiger partial charge in [0.25, 0.3) is 0 Å². The normalized spacial score (nSPS) is 47.8. The lowest BCUT2D eigenvalue weighted by Gasteiger charge is -2.34. The first-order valence-electron chi connectivity index (χ1n) is 5.42. The van der Waals surface area contributed by atoms with E-state index < -0.39 is 0 Å². The molecule has 0 aliphatic heterocycles. The predicted octanol–water partition coefficient (Wildman–Crippen LogP) is 2.86. The van der Waals surface area contributed by atoms with E-state index >= 15 is 0 Å². The molecule has 0 aromatic carbocycles. The van der Waals surface area contributed by atoms with Crippen LogP contribution in [0.15, 0.2) is 11.6 Å². The highest BCUT2D eigenvalue weighted by molar-refractivity contribution is 5.92. The molecule has 0 saturated heterocycles. The molecule has 0 amide bonds. The Hall–Kier alpha value is -0.590. The van der Waals surface area contributed by atoms with Gasteiger partial charge >= 0.3 is 0 Å². The number of rotatable bonds is 0. The fraction of sp³-hybridized carbons (Fsp3) is 0.750. The molecule has 0 aromatic heterocycles. The number of hydrogen-bond donors (Lipinski definition) is 0. The molecule has 3 aliphatic rings. The van der Waals surface area contributed by atoms with Crippen molar-refractivity contribution in [2.75, 3.05) is 0 Å². The Kier molecular flexibility index (Phi) is 1.24. The summed E-state index contributed by atoms with van der Waals surface area (Å²) in [6.07, 6.45) is 9.25. The van der Waals surface area contributed by atoms with Crippen molar-refractivity contribution in [1.29, 1.82) is 0 Å². The minimum Gasteiger partial charge on any atom is -0.299 e. The molecule has 0 heterocycles. The van der Waals surface area contributed by atoms with Crippen LogP contribution in [0, 0.1) is 10.8 Å². The van der Waals surface area contributed by atoms with Crippen LogP contribution in [0.25, 0.3) is 0 Å². The van der Waals surface area contributed by atoms with Crippen LogP contribution in [0.5, 0.6) is 0 Å². The van der Waals surface area contributed by atoms with Crippen LogP contribution in [0.2, 0.25) is 0 Å². The second-order valence-corrected chi connectivity index (χ2v) is 5.05. The Balaban J connectivity index is 2.20. The molecule has 0 N–H and O–H groups in total. The van der Waals surface area contributed by atoms with Crippen molar-refractivity contribution in [2.24, 2.45) is 10.8 Å². The van der Waals surface area contributed by atoms with Crippen LogP contribution >= 0.6 is 0 Å². The van der Waals surface area contributed by atoms with Gasteiger partial charge in [0.15, 0.2) is 0 Å². The summed E-state index contributed by atoms with van der Waals surface area (Å²) in [5, 5.41) is 0. The zero-order valence-corrected chi connectivity index (χ0v) is 8.23. The fourth-order valence-electron chi connectivity index (χ4n) is 4.25. The largest absolute Gasteiger partial charge is 0.299 e. The molecule has 1 nitrogen and oxygen atoms in total. The first kappa shape index (κ1) is 7.78. The summed E-state index contributed by atoms with van der Waals surface area (Å²) in [5.74, 6) is 0.552. The van der Waals surface area contributed by atoms with Crippen molar-refractivity contribution < 1.29 is 4.79 Å². The molecule has 0 radical (unpaired) electrons. The third kappa shape index (κ3) is 0.619. The highest BCUT2D eigenvalue weighted by atomic mass is 16.1. The molecule has 0 spiro atoms. The summed E-state index contributed by atoms with van der Waals surface area (Å²) in [6.45, 7) is 2.18. The molecule has 2 unspecified atom stereocenters. The molecule has 70 valence electrons. The minimum absolute atomic E-state index is 0.0347. The Morgan fingerprint density at radius 2 is 2.15 bits per heavy atom. The van der Waals surface area contributed by atoms with Gasteiger partial charge in [0, 0.05) is 6.42 Å². The average Bonchev–Trinajstić information content (AvgIpc) is 2.67. The molecular formula is C12H16O. The van der Waals surface area contributed by atoms with E-state index in [0.29, 0.717) is 11.2 Å². The molecular weight excluding hydrogens is 160 g/mol. The van der Waals surface area contributed by atoms with Gasteiger partial charge in [0.05, 0.1) is 5.41 Å². The van der Waals surface area contributed by atoms with Gasteiger partial charge in [-0.05, 0) is 38.0 Å². The van der Waals surface area contributed by atoms with E-state index in [0.717, 1.165) is 12.8 Å². The predicted molar refractivity (Wildman–Crippen MR) is 51.3 cm³/mol. The molecule has 2 fully saturated rings. The molecule has 13 heavy (non-hydrogen) atoms. The zero-order chi connectivity index (χ0) is 9.10. The monoisotopic (exact) mass is 176 g/mol. The Morgan fingerprint density at radius 1 is 1.31 bits per heavy atom. The number of allylic oxidation sites excluding steroid dienone is 2. The van der Waals surface area contributed by atoms with E-state index in [1.54, 1.807) is 0 Å². The fourth-order valence-corrected chi connectivity index (χ4v) is 4.25. The van der Waals surface area contributed by atoms with Crippen molar-refractivity contribution in [3.63, 3.8) is 0 Å². The van der Waals surface area contributed by atoms with Gasteiger partial charge in [-0.1, -0.05) is 18.1 Å². The van der Waals surface area contributed by atoms with Crippen molar-refractivity contribution in [1.82, 2.24) is 0 Å². The average molecular weight is 176 g/mol. The topological polar surface area (TPSA) is 17.1 Å². The minimum atomic E-state index is 0.0347. The van der Waals surface area contributed by atoms with Crippen molar-refractivity contribution in [3.05, 3.63) is 11.6 Å². The van der Waals surface area contributed by atoms with Crippen LogP contribution in [-0.4, -0.2) is 5.78 Å². The highest BCUT2D eigenvalue weighted by Crippen LogP contribution is 2.69. The van der Waals surface area contributed by atoms with E-state index in [9.17, 15) is 4.79 Å². The molecule has 3 aliphatic carbocycles. The number of Topliss-reactive ketones (excluding diaryl/α,β-unsaturated/α-hetero) is 1. The maximum absolute atomic E-state index is 12.0. The van der Waals surface area contributed by atoms with Gasteiger partial charge in [0.1, 0.15) is 5.78 Å². The number of carbonyl (C=O) groups excluding carboxylic acids is 1. The van der Waals surface area contributed by atoms with Crippen molar-refractivity contribution in [3.8, 4) is 0 Å². The summed E-state index contributed by atoms with van der Waals surface area (Å²) in [5.41, 5.74) is 1.83. The zero-order valence-electron chi connectivity index (χ0n) is 8.23. The lowest BCUT2D eigenvalue weighted by atomic mass is 9.67. The van der Waals surface area contributed by atoms with E-state index in [1.165, 1.54) is 31.3 Å². The smallest absolute Gasteiger partial charge is 0.143 e. The maximum Gasteiger partial charge on any atom is 0.143 e.